The van der Waals surface area contributed by atoms with Gasteiger partial charge in [-0.2, -0.15) is 5.10 Å². The lowest BCUT2D eigenvalue weighted by atomic mass is 10.2. The maximum absolute atomic E-state index is 13.4. The molecule has 1 saturated heterocycles. The molecule has 1 aliphatic heterocycles. The highest BCUT2D eigenvalue weighted by molar-refractivity contribution is 5.93. The van der Waals surface area contributed by atoms with Gasteiger partial charge in [-0.05, 0) is 37.1 Å². The third-order valence-electron chi connectivity index (χ3n) is 6.38. The molecule has 5 rings (SSSR count). The number of benzene rings is 2. The number of nitrogens with one attached hydrogen (secondary N) is 3. The number of H-pyrrole nitrogens is 1. The van der Waals surface area contributed by atoms with Crippen LogP contribution in [0.3, 0.4) is 0 Å². The molecule has 0 bridgehead atoms. The fourth-order valence-corrected chi connectivity index (χ4v) is 4.50. The Kier molecular flexibility index (Phi) is 8.13. The molecule has 1 aliphatic rings. The largest absolute Gasteiger partial charge is 0.493 e. The molecule has 0 aliphatic carbocycles. The Labute approximate surface area is 224 Å². The molecule has 11 nitrogen and oxygen atoms in total. The standard InChI is InChI=1S/C27H30FN7O4/c1-38-23-13-21-22(14-24(23)39-9-3-7-35-8-6-20(36)15-35)29-16-30-27(21)32-25-11-19(33-34-25)12-26(37)31-18-5-2-4-17(28)10-18/h2,4-5,10-11,13-14,16,20,36H,3,6-9,12,15H2,1H3,(H,31,37)(H2,29,30,32,33,34)/t20-/m0/s1. The number of amides is 1. The topological polar surface area (TPSA) is 138 Å². The predicted molar refractivity (Wildman–Crippen MR) is 144 cm³/mol. The molecular formula is C27H30FN7O4. The minimum Gasteiger partial charge on any atom is -0.493 e. The summed E-state index contributed by atoms with van der Waals surface area (Å²) >= 11 is 0. The van der Waals surface area contributed by atoms with Crippen LogP contribution in [0.15, 0.2) is 48.8 Å². The van der Waals surface area contributed by atoms with E-state index in [2.05, 4.69) is 35.7 Å². The first-order chi connectivity index (χ1) is 19.0. The lowest BCUT2D eigenvalue weighted by molar-refractivity contribution is -0.115. The second-order valence-electron chi connectivity index (χ2n) is 9.33. The number of anilines is 3. The highest BCUT2D eigenvalue weighted by Crippen LogP contribution is 2.34. The molecule has 0 saturated carbocycles. The van der Waals surface area contributed by atoms with Crippen LogP contribution in [-0.4, -0.2) is 75.5 Å². The van der Waals surface area contributed by atoms with Crippen molar-refractivity contribution >= 4 is 34.1 Å². The molecule has 1 amide bonds. The van der Waals surface area contributed by atoms with E-state index in [9.17, 15) is 14.3 Å². The number of carbonyl (C=O) groups is 1. The summed E-state index contributed by atoms with van der Waals surface area (Å²) in [7, 11) is 1.57. The van der Waals surface area contributed by atoms with E-state index in [1.165, 1.54) is 24.5 Å². The molecular weight excluding hydrogens is 505 g/mol. The normalized spacial score (nSPS) is 15.4. The van der Waals surface area contributed by atoms with Crippen LogP contribution in [0.25, 0.3) is 10.9 Å². The monoisotopic (exact) mass is 535 g/mol. The van der Waals surface area contributed by atoms with E-state index in [1.54, 1.807) is 19.2 Å². The Balaban J connectivity index is 1.22. The average molecular weight is 536 g/mol. The molecule has 2 aromatic carbocycles. The second kappa shape index (κ2) is 12.0. The molecule has 0 spiro atoms. The number of aromatic amines is 1. The van der Waals surface area contributed by atoms with Crippen molar-refractivity contribution in [1.82, 2.24) is 25.1 Å². The van der Waals surface area contributed by atoms with E-state index >= 15 is 0 Å². The maximum Gasteiger partial charge on any atom is 0.230 e. The lowest BCUT2D eigenvalue weighted by Crippen LogP contribution is -2.24. The number of hydrogen-bond acceptors (Lipinski definition) is 9. The first-order valence-electron chi connectivity index (χ1n) is 12.7. The average Bonchev–Trinajstić information content (AvgIpc) is 3.54. The Morgan fingerprint density at radius 1 is 1.23 bits per heavy atom. The van der Waals surface area contributed by atoms with Crippen molar-refractivity contribution in [3.63, 3.8) is 0 Å². The number of halogens is 1. The van der Waals surface area contributed by atoms with Crippen molar-refractivity contribution in [2.24, 2.45) is 0 Å². The predicted octanol–water partition coefficient (Wildman–Crippen LogP) is 3.26. The highest BCUT2D eigenvalue weighted by Gasteiger charge is 2.19. The van der Waals surface area contributed by atoms with E-state index in [4.69, 9.17) is 9.47 Å². The van der Waals surface area contributed by atoms with Crippen molar-refractivity contribution in [3.8, 4) is 11.5 Å². The van der Waals surface area contributed by atoms with Gasteiger partial charge in [0.05, 0.1) is 31.8 Å². The molecule has 3 heterocycles. The maximum atomic E-state index is 13.4. The molecule has 0 radical (unpaired) electrons. The van der Waals surface area contributed by atoms with Crippen LogP contribution in [0, 0.1) is 5.82 Å². The molecule has 204 valence electrons. The van der Waals surface area contributed by atoms with Crippen LogP contribution in [0.1, 0.15) is 18.5 Å². The first kappa shape index (κ1) is 26.3. The van der Waals surface area contributed by atoms with Crippen LogP contribution in [0.4, 0.5) is 21.7 Å². The number of aliphatic hydroxyl groups is 1. The molecule has 39 heavy (non-hydrogen) atoms. The van der Waals surface area contributed by atoms with E-state index in [0.717, 1.165) is 25.9 Å². The number of aliphatic hydroxyl groups excluding tert-OH is 1. The summed E-state index contributed by atoms with van der Waals surface area (Å²) in [5.74, 6) is 1.39. The van der Waals surface area contributed by atoms with Crippen LogP contribution in [0.2, 0.25) is 0 Å². The summed E-state index contributed by atoms with van der Waals surface area (Å²) in [5, 5.41) is 23.3. The summed E-state index contributed by atoms with van der Waals surface area (Å²) in [5.41, 5.74) is 1.62. The number of β-amino-alcohol motifs (C(OH)–C–C–N with tert-alkyl or cyclic N) is 1. The zero-order valence-electron chi connectivity index (χ0n) is 21.5. The molecule has 1 fully saturated rings. The van der Waals surface area contributed by atoms with Gasteiger partial charge in [0.25, 0.3) is 0 Å². The van der Waals surface area contributed by atoms with Gasteiger partial charge in [0, 0.05) is 48.5 Å². The quantitative estimate of drug-likeness (QED) is 0.213. The summed E-state index contributed by atoms with van der Waals surface area (Å²) in [6.45, 7) is 2.99. The van der Waals surface area contributed by atoms with Crippen molar-refractivity contribution in [2.45, 2.75) is 25.4 Å². The zero-order chi connectivity index (χ0) is 27.2. The molecule has 1 atom stereocenters. The van der Waals surface area contributed by atoms with E-state index < -0.39 is 5.82 Å². The van der Waals surface area contributed by atoms with Gasteiger partial charge in [-0.15, -0.1) is 0 Å². The van der Waals surface area contributed by atoms with Crippen LogP contribution in [-0.2, 0) is 11.2 Å². The summed E-state index contributed by atoms with van der Waals surface area (Å²) in [4.78, 5) is 23.3. The highest BCUT2D eigenvalue weighted by atomic mass is 19.1. The second-order valence-corrected chi connectivity index (χ2v) is 9.33. The van der Waals surface area contributed by atoms with Crippen molar-refractivity contribution in [2.75, 3.05) is 44.0 Å². The van der Waals surface area contributed by atoms with E-state index in [-0.39, 0.29) is 18.4 Å². The van der Waals surface area contributed by atoms with Crippen LogP contribution < -0.4 is 20.1 Å². The Hall–Kier alpha value is -4.29. The van der Waals surface area contributed by atoms with Gasteiger partial charge in [0.2, 0.25) is 5.91 Å². The summed E-state index contributed by atoms with van der Waals surface area (Å²) in [6, 6.07) is 11.0. The Morgan fingerprint density at radius 2 is 2.13 bits per heavy atom. The van der Waals surface area contributed by atoms with Gasteiger partial charge in [0.1, 0.15) is 18.0 Å². The van der Waals surface area contributed by atoms with Crippen molar-refractivity contribution in [1.29, 1.82) is 0 Å². The fraction of sp³-hybridized carbons (Fsp3) is 0.333. The smallest absolute Gasteiger partial charge is 0.230 e. The van der Waals surface area contributed by atoms with Gasteiger partial charge in [0.15, 0.2) is 17.3 Å². The van der Waals surface area contributed by atoms with Gasteiger partial charge in [-0.25, -0.2) is 14.4 Å². The SMILES string of the molecule is COc1cc2c(Nc3cc(CC(=O)Nc4cccc(F)c4)[nH]n3)ncnc2cc1OCCCN1CC[C@H](O)C1. The van der Waals surface area contributed by atoms with E-state index in [0.29, 0.717) is 58.6 Å². The molecule has 12 heteroatoms. The molecule has 4 N–H and O–H groups in total. The fourth-order valence-electron chi connectivity index (χ4n) is 4.50. The zero-order valence-corrected chi connectivity index (χ0v) is 21.5. The van der Waals surface area contributed by atoms with E-state index in [1.807, 2.05) is 12.1 Å². The van der Waals surface area contributed by atoms with Crippen LogP contribution >= 0.6 is 0 Å². The number of methoxy groups -OCH3 is 1. The van der Waals surface area contributed by atoms with Crippen LogP contribution in [0.5, 0.6) is 11.5 Å². The number of aromatic nitrogens is 4. The number of likely N-dealkylation sites (tertiary alicyclic amines) is 1. The summed E-state index contributed by atoms with van der Waals surface area (Å²) in [6.07, 6.45) is 2.89. The number of rotatable bonds is 11. The lowest BCUT2D eigenvalue weighted by Gasteiger charge is -2.16. The van der Waals surface area contributed by atoms with Gasteiger partial charge < -0.3 is 30.1 Å². The third-order valence-corrected chi connectivity index (χ3v) is 6.38. The summed E-state index contributed by atoms with van der Waals surface area (Å²) < 4.78 is 24.9. The van der Waals surface area contributed by atoms with Crippen molar-refractivity contribution in [3.05, 3.63) is 60.3 Å². The number of ether oxygens (including phenoxy) is 2. The Morgan fingerprint density at radius 3 is 2.92 bits per heavy atom. The Bertz CT molecular complexity index is 1450. The number of hydrogen-bond donors (Lipinski definition) is 4. The number of carbonyl (C=O) groups excluding carboxylic acids is 1. The minimum absolute atomic E-state index is 0.0303. The molecule has 2 aromatic heterocycles. The third kappa shape index (κ3) is 6.78. The minimum atomic E-state index is -0.424. The van der Waals surface area contributed by atoms with Gasteiger partial charge >= 0.3 is 0 Å². The van der Waals surface area contributed by atoms with Gasteiger partial charge in [-0.3, -0.25) is 9.89 Å². The van der Waals surface area contributed by atoms with Gasteiger partial charge in [-0.1, -0.05) is 6.07 Å². The number of fused-ring (bicyclic) bond motifs is 1. The molecule has 4 aromatic rings. The molecule has 0 unspecified atom stereocenters. The van der Waals surface area contributed by atoms with Crippen molar-refractivity contribution < 1.29 is 23.8 Å². The number of nitrogens with zero attached hydrogens (tertiary/aromatic N) is 4. The first-order valence-corrected chi connectivity index (χ1v) is 12.7.